The van der Waals surface area contributed by atoms with Gasteiger partial charge in [-0.25, -0.2) is 5.10 Å². The standard InChI is InChI=1S/C17H18N4O3/c1-12(22)20-9-10-21(15(11-20)13-5-3-2-4-6-13)17(24)14-7-8-16(23)19-18-14/h2-8,15H,9-11H2,1H3,(H,19,23)/t15-/m0/s1. The normalized spacial score (nSPS) is 17.6. The molecule has 2 amide bonds. The molecule has 1 fully saturated rings. The summed E-state index contributed by atoms with van der Waals surface area (Å²) in [5, 5.41) is 6.11. The molecule has 0 spiro atoms. The summed E-state index contributed by atoms with van der Waals surface area (Å²) in [4.78, 5) is 39.1. The molecule has 124 valence electrons. The summed E-state index contributed by atoms with van der Waals surface area (Å²) < 4.78 is 0. The van der Waals surface area contributed by atoms with Gasteiger partial charge in [-0.05, 0) is 11.6 Å². The molecule has 1 aliphatic rings. The van der Waals surface area contributed by atoms with E-state index in [0.717, 1.165) is 5.56 Å². The lowest BCUT2D eigenvalue weighted by Gasteiger charge is -2.41. The minimum Gasteiger partial charge on any atom is -0.339 e. The molecule has 1 N–H and O–H groups in total. The van der Waals surface area contributed by atoms with Crippen LogP contribution in [0.1, 0.15) is 29.0 Å². The summed E-state index contributed by atoms with van der Waals surface area (Å²) >= 11 is 0. The second kappa shape index (κ2) is 6.66. The maximum absolute atomic E-state index is 12.8. The first-order valence-corrected chi connectivity index (χ1v) is 7.73. The van der Waals surface area contributed by atoms with Crippen molar-refractivity contribution in [2.24, 2.45) is 0 Å². The minimum atomic E-state index is -0.354. The van der Waals surface area contributed by atoms with E-state index in [1.165, 1.54) is 19.1 Å². The highest BCUT2D eigenvalue weighted by molar-refractivity contribution is 5.92. The Morgan fingerprint density at radius 1 is 1.12 bits per heavy atom. The number of carbonyl (C=O) groups excluding carboxylic acids is 2. The maximum Gasteiger partial charge on any atom is 0.274 e. The topological polar surface area (TPSA) is 86.4 Å². The molecule has 2 heterocycles. The van der Waals surface area contributed by atoms with E-state index in [4.69, 9.17) is 0 Å². The summed E-state index contributed by atoms with van der Waals surface area (Å²) in [6, 6.07) is 12.1. The molecule has 1 aromatic heterocycles. The molecule has 1 aliphatic heterocycles. The lowest BCUT2D eigenvalue weighted by atomic mass is 10.0. The molecule has 0 bridgehead atoms. The van der Waals surface area contributed by atoms with E-state index in [2.05, 4.69) is 10.2 Å². The Bertz CT molecular complexity index is 782. The average Bonchev–Trinajstić information content (AvgIpc) is 2.62. The van der Waals surface area contributed by atoms with Crippen LogP contribution in [-0.2, 0) is 4.79 Å². The van der Waals surface area contributed by atoms with Crippen molar-refractivity contribution < 1.29 is 9.59 Å². The monoisotopic (exact) mass is 326 g/mol. The molecule has 2 aromatic rings. The first-order chi connectivity index (χ1) is 11.6. The van der Waals surface area contributed by atoms with Crippen molar-refractivity contribution in [2.45, 2.75) is 13.0 Å². The van der Waals surface area contributed by atoms with E-state index < -0.39 is 0 Å². The van der Waals surface area contributed by atoms with Crippen molar-refractivity contribution in [2.75, 3.05) is 19.6 Å². The van der Waals surface area contributed by atoms with Gasteiger partial charge in [0, 0.05) is 32.6 Å². The summed E-state index contributed by atoms with van der Waals surface area (Å²) in [5.41, 5.74) is 0.792. The summed E-state index contributed by atoms with van der Waals surface area (Å²) in [7, 11) is 0. The van der Waals surface area contributed by atoms with Crippen LogP contribution >= 0.6 is 0 Å². The zero-order valence-electron chi connectivity index (χ0n) is 13.3. The quantitative estimate of drug-likeness (QED) is 0.885. The van der Waals surface area contributed by atoms with Gasteiger partial charge in [0.05, 0.1) is 6.04 Å². The molecule has 0 radical (unpaired) electrons. The van der Waals surface area contributed by atoms with E-state index in [1.807, 2.05) is 30.3 Å². The zero-order chi connectivity index (χ0) is 17.1. The Balaban J connectivity index is 1.92. The highest BCUT2D eigenvalue weighted by atomic mass is 16.2. The second-order valence-electron chi connectivity index (χ2n) is 5.70. The van der Waals surface area contributed by atoms with Crippen molar-refractivity contribution in [1.29, 1.82) is 0 Å². The number of nitrogens with zero attached hydrogens (tertiary/aromatic N) is 3. The Morgan fingerprint density at radius 3 is 2.50 bits per heavy atom. The molecule has 7 heteroatoms. The van der Waals surface area contributed by atoms with Crippen LogP contribution in [-0.4, -0.2) is 51.4 Å². The number of carbonyl (C=O) groups is 2. The number of amides is 2. The van der Waals surface area contributed by atoms with Crippen LogP contribution in [0.2, 0.25) is 0 Å². The third kappa shape index (κ3) is 3.19. The van der Waals surface area contributed by atoms with Gasteiger partial charge in [-0.1, -0.05) is 30.3 Å². The van der Waals surface area contributed by atoms with Crippen LogP contribution in [0.15, 0.2) is 47.3 Å². The van der Waals surface area contributed by atoms with Gasteiger partial charge in [0.15, 0.2) is 0 Å². The summed E-state index contributed by atoms with van der Waals surface area (Å²) in [6.45, 7) is 2.87. The number of aromatic nitrogens is 2. The first-order valence-electron chi connectivity index (χ1n) is 7.73. The van der Waals surface area contributed by atoms with Crippen LogP contribution in [0.5, 0.6) is 0 Å². The van der Waals surface area contributed by atoms with Crippen molar-refractivity contribution in [3.05, 3.63) is 64.1 Å². The number of benzene rings is 1. The van der Waals surface area contributed by atoms with Crippen molar-refractivity contribution in [3.8, 4) is 0 Å². The minimum absolute atomic E-state index is 0.00908. The number of H-pyrrole nitrogens is 1. The second-order valence-corrected chi connectivity index (χ2v) is 5.70. The predicted octanol–water partition coefficient (Wildman–Crippen LogP) is 0.815. The molecule has 0 aliphatic carbocycles. The van der Waals surface area contributed by atoms with Crippen LogP contribution in [0.4, 0.5) is 0 Å². The fraction of sp³-hybridized carbons (Fsp3) is 0.294. The number of piperazine rings is 1. The Hall–Kier alpha value is -2.96. The molecule has 1 atom stereocenters. The highest BCUT2D eigenvalue weighted by Gasteiger charge is 2.33. The van der Waals surface area contributed by atoms with Crippen molar-refractivity contribution >= 4 is 11.8 Å². The molecule has 0 unspecified atom stereocenters. The maximum atomic E-state index is 12.8. The van der Waals surface area contributed by atoms with Gasteiger partial charge >= 0.3 is 0 Å². The Labute approximate surface area is 138 Å². The number of nitrogens with one attached hydrogen (secondary N) is 1. The zero-order valence-corrected chi connectivity index (χ0v) is 13.3. The van der Waals surface area contributed by atoms with Gasteiger partial charge in [-0.3, -0.25) is 14.4 Å². The average molecular weight is 326 g/mol. The van der Waals surface area contributed by atoms with Gasteiger partial charge in [0.2, 0.25) is 5.91 Å². The molecular formula is C17H18N4O3. The molecule has 1 saturated heterocycles. The smallest absolute Gasteiger partial charge is 0.274 e. The highest BCUT2D eigenvalue weighted by Crippen LogP contribution is 2.26. The van der Waals surface area contributed by atoms with E-state index in [-0.39, 0.29) is 29.1 Å². The Kier molecular flexibility index (Phi) is 4.41. The van der Waals surface area contributed by atoms with E-state index in [1.54, 1.807) is 9.80 Å². The third-order valence-electron chi connectivity index (χ3n) is 4.17. The Morgan fingerprint density at radius 2 is 1.88 bits per heavy atom. The van der Waals surface area contributed by atoms with Crippen LogP contribution in [0.3, 0.4) is 0 Å². The fourth-order valence-corrected chi connectivity index (χ4v) is 2.88. The van der Waals surface area contributed by atoms with E-state index in [0.29, 0.717) is 19.6 Å². The summed E-state index contributed by atoms with van der Waals surface area (Å²) in [6.07, 6.45) is 0. The van der Waals surface area contributed by atoms with E-state index >= 15 is 0 Å². The van der Waals surface area contributed by atoms with Crippen molar-refractivity contribution in [3.63, 3.8) is 0 Å². The molecule has 7 nitrogen and oxygen atoms in total. The third-order valence-corrected chi connectivity index (χ3v) is 4.17. The lowest BCUT2D eigenvalue weighted by molar-refractivity contribution is -0.131. The number of hydrogen-bond donors (Lipinski definition) is 1. The van der Waals surface area contributed by atoms with Crippen LogP contribution < -0.4 is 5.56 Å². The van der Waals surface area contributed by atoms with Crippen molar-refractivity contribution in [1.82, 2.24) is 20.0 Å². The molecule has 24 heavy (non-hydrogen) atoms. The molecule has 0 saturated carbocycles. The predicted molar refractivity (Wildman–Crippen MR) is 87.3 cm³/mol. The lowest BCUT2D eigenvalue weighted by Crippen LogP contribution is -2.52. The van der Waals surface area contributed by atoms with Crippen LogP contribution in [0.25, 0.3) is 0 Å². The molecular weight excluding hydrogens is 308 g/mol. The number of aromatic amines is 1. The number of hydrogen-bond acceptors (Lipinski definition) is 4. The fourth-order valence-electron chi connectivity index (χ4n) is 2.88. The van der Waals surface area contributed by atoms with E-state index in [9.17, 15) is 14.4 Å². The largest absolute Gasteiger partial charge is 0.339 e. The molecule has 3 rings (SSSR count). The SMILES string of the molecule is CC(=O)N1CCN(C(=O)c2ccc(=O)[nH]n2)[C@H](c2ccccc2)C1. The van der Waals surface area contributed by atoms with Gasteiger partial charge in [-0.15, -0.1) is 0 Å². The van der Waals surface area contributed by atoms with Gasteiger partial charge in [0.25, 0.3) is 11.5 Å². The first kappa shape index (κ1) is 15.9. The summed E-state index contributed by atoms with van der Waals surface area (Å²) in [5.74, 6) is -0.270. The molecule has 1 aromatic carbocycles. The van der Waals surface area contributed by atoms with Gasteiger partial charge < -0.3 is 9.80 Å². The van der Waals surface area contributed by atoms with Gasteiger partial charge in [0.1, 0.15) is 5.69 Å². The number of rotatable bonds is 2. The van der Waals surface area contributed by atoms with Gasteiger partial charge in [-0.2, -0.15) is 5.10 Å². The van der Waals surface area contributed by atoms with Crippen LogP contribution in [0, 0.1) is 0 Å².